The van der Waals surface area contributed by atoms with Crippen LogP contribution in [0, 0.1) is 0 Å². The number of halogens is 3. The van der Waals surface area contributed by atoms with Crippen molar-refractivity contribution in [2.75, 3.05) is 6.54 Å². The molecule has 0 aliphatic rings. The van der Waals surface area contributed by atoms with Gasteiger partial charge in [0, 0.05) is 17.6 Å². The molecule has 0 bridgehead atoms. The molecule has 102 valence electrons. The minimum atomic E-state index is -4.32. The van der Waals surface area contributed by atoms with Crippen LogP contribution in [0.25, 0.3) is 5.69 Å². The number of nitrogens with two attached hydrogens (primary N) is 1. The average molecular weight is 268 g/mol. The molecule has 0 fully saturated rings. The van der Waals surface area contributed by atoms with Crippen LogP contribution >= 0.6 is 0 Å². The number of alkyl halides is 3. The summed E-state index contributed by atoms with van der Waals surface area (Å²) in [7, 11) is 0. The number of aromatic nitrogens is 1. The first-order valence-corrected chi connectivity index (χ1v) is 6.06. The molecular weight excluding hydrogens is 253 g/mol. The molecule has 0 atom stereocenters. The zero-order chi connectivity index (χ0) is 13.9. The zero-order valence-corrected chi connectivity index (χ0v) is 10.3. The lowest BCUT2D eigenvalue weighted by Crippen LogP contribution is -2.07. The minimum Gasteiger partial charge on any atom is -0.330 e. The van der Waals surface area contributed by atoms with E-state index in [-0.39, 0.29) is 0 Å². The second-order valence-electron chi connectivity index (χ2n) is 4.31. The first kappa shape index (κ1) is 13.7. The van der Waals surface area contributed by atoms with Crippen LogP contribution < -0.4 is 5.73 Å². The van der Waals surface area contributed by atoms with Gasteiger partial charge >= 0.3 is 6.18 Å². The summed E-state index contributed by atoms with van der Waals surface area (Å²) < 4.78 is 39.8. The van der Waals surface area contributed by atoms with Gasteiger partial charge in [0.25, 0.3) is 0 Å². The third-order valence-corrected chi connectivity index (χ3v) is 2.92. The number of rotatable bonds is 4. The third kappa shape index (κ3) is 3.17. The van der Waals surface area contributed by atoms with E-state index in [4.69, 9.17) is 5.73 Å². The van der Waals surface area contributed by atoms with E-state index < -0.39 is 11.7 Å². The molecule has 2 N–H and O–H groups in total. The van der Waals surface area contributed by atoms with Gasteiger partial charge in [-0.05, 0) is 49.7 Å². The lowest BCUT2D eigenvalue weighted by Gasteiger charge is -2.12. The maximum absolute atomic E-state index is 12.7. The molecule has 0 aliphatic carbocycles. The van der Waals surface area contributed by atoms with Crippen molar-refractivity contribution in [3.8, 4) is 5.69 Å². The number of benzene rings is 1. The van der Waals surface area contributed by atoms with Crippen LogP contribution in [0.15, 0.2) is 42.6 Å². The molecule has 0 unspecified atom stereocenters. The van der Waals surface area contributed by atoms with E-state index in [0.717, 1.165) is 30.7 Å². The van der Waals surface area contributed by atoms with Gasteiger partial charge in [-0.15, -0.1) is 0 Å². The molecule has 0 spiro atoms. The van der Waals surface area contributed by atoms with Gasteiger partial charge in [0.1, 0.15) is 0 Å². The van der Waals surface area contributed by atoms with Crippen molar-refractivity contribution in [1.29, 1.82) is 0 Å². The van der Waals surface area contributed by atoms with Crippen molar-refractivity contribution in [3.63, 3.8) is 0 Å². The van der Waals surface area contributed by atoms with Gasteiger partial charge in [-0.1, -0.05) is 6.07 Å². The van der Waals surface area contributed by atoms with Crippen molar-refractivity contribution in [3.05, 3.63) is 53.9 Å². The fourth-order valence-corrected chi connectivity index (χ4v) is 1.99. The van der Waals surface area contributed by atoms with Crippen molar-refractivity contribution in [2.24, 2.45) is 5.73 Å². The second kappa shape index (κ2) is 5.48. The quantitative estimate of drug-likeness (QED) is 0.905. The molecule has 19 heavy (non-hydrogen) atoms. The topological polar surface area (TPSA) is 30.9 Å². The maximum atomic E-state index is 12.7. The number of hydrogen-bond donors (Lipinski definition) is 1. The number of aryl methyl sites for hydroxylation is 1. The Morgan fingerprint density at radius 2 is 1.89 bits per heavy atom. The van der Waals surface area contributed by atoms with E-state index >= 15 is 0 Å². The van der Waals surface area contributed by atoms with Crippen molar-refractivity contribution < 1.29 is 13.2 Å². The molecule has 2 aromatic rings. The third-order valence-electron chi connectivity index (χ3n) is 2.92. The molecule has 0 saturated carbocycles. The van der Waals surface area contributed by atoms with E-state index in [1.54, 1.807) is 16.8 Å². The summed E-state index contributed by atoms with van der Waals surface area (Å²) in [5.41, 5.74) is 6.30. The van der Waals surface area contributed by atoms with Gasteiger partial charge in [-0.2, -0.15) is 13.2 Å². The van der Waals surface area contributed by atoms with Gasteiger partial charge in [0.2, 0.25) is 0 Å². The Morgan fingerprint density at radius 3 is 2.58 bits per heavy atom. The van der Waals surface area contributed by atoms with Gasteiger partial charge in [-0.3, -0.25) is 0 Å². The van der Waals surface area contributed by atoms with Crippen LogP contribution in [0.2, 0.25) is 0 Å². The highest BCUT2D eigenvalue weighted by Gasteiger charge is 2.30. The van der Waals surface area contributed by atoms with Crippen molar-refractivity contribution in [2.45, 2.75) is 19.0 Å². The largest absolute Gasteiger partial charge is 0.416 e. The molecule has 5 heteroatoms. The van der Waals surface area contributed by atoms with E-state index in [1.807, 2.05) is 12.1 Å². The van der Waals surface area contributed by atoms with Crippen LogP contribution in [0.1, 0.15) is 17.7 Å². The van der Waals surface area contributed by atoms with Crippen LogP contribution in [0.4, 0.5) is 13.2 Å². The fourth-order valence-electron chi connectivity index (χ4n) is 1.99. The van der Waals surface area contributed by atoms with Crippen molar-refractivity contribution in [1.82, 2.24) is 4.57 Å². The predicted octanol–water partition coefficient (Wildman–Crippen LogP) is 3.39. The molecule has 2 nitrogen and oxygen atoms in total. The Bertz CT molecular complexity index is 544. The number of hydrogen-bond acceptors (Lipinski definition) is 1. The average Bonchev–Trinajstić information content (AvgIpc) is 2.83. The summed E-state index contributed by atoms with van der Waals surface area (Å²) in [6, 6.07) is 9.05. The summed E-state index contributed by atoms with van der Waals surface area (Å²) in [4.78, 5) is 0. The van der Waals surface area contributed by atoms with E-state index in [2.05, 4.69) is 0 Å². The highest BCUT2D eigenvalue weighted by Crippen LogP contribution is 2.30. The Labute approximate surface area is 109 Å². The summed E-state index contributed by atoms with van der Waals surface area (Å²) in [6.07, 6.45) is -0.995. The van der Waals surface area contributed by atoms with Crippen LogP contribution in [-0.2, 0) is 12.6 Å². The molecule has 0 amide bonds. The molecule has 1 heterocycles. The van der Waals surface area contributed by atoms with Crippen LogP contribution in [-0.4, -0.2) is 11.1 Å². The Balaban J connectivity index is 2.34. The molecule has 2 rings (SSSR count). The fraction of sp³-hybridized carbons (Fsp3) is 0.286. The molecule has 1 aromatic carbocycles. The molecule has 0 aliphatic heterocycles. The lowest BCUT2D eigenvalue weighted by atomic mass is 10.2. The van der Waals surface area contributed by atoms with E-state index in [1.165, 1.54) is 6.07 Å². The summed E-state index contributed by atoms with van der Waals surface area (Å²) >= 11 is 0. The van der Waals surface area contributed by atoms with Gasteiger partial charge in [-0.25, -0.2) is 0 Å². The first-order chi connectivity index (χ1) is 9.02. The maximum Gasteiger partial charge on any atom is 0.416 e. The van der Waals surface area contributed by atoms with Crippen LogP contribution in [0.3, 0.4) is 0 Å². The number of nitrogens with zero attached hydrogens (tertiary/aromatic N) is 1. The second-order valence-corrected chi connectivity index (χ2v) is 4.31. The van der Waals surface area contributed by atoms with Gasteiger partial charge in [0.15, 0.2) is 0 Å². The van der Waals surface area contributed by atoms with E-state index in [9.17, 15) is 13.2 Å². The highest BCUT2D eigenvalue weighted by molar-refractivity contribution is 5.39. The normalized spacial score (nSPS) is 11.8. The van der Waals surface area contributed by atoms with Crippen molar-refractivity contribution >= 4 is 0 Å². The van der Waals surface area contributed by atoms with Crippen LogP contribution in [0.5, 0.6) is 0 Å². The summed E-state index contributed by atoms with van der Waals surface area (Å²) in [6.45, 7) is 0.563. The molecule has 0 radical (unpaired) electrons. The van der Waals surface area contributed by atoms with Gasteiger partial charge in [0.05, 0.1) is 5.56 Å². The Hall–Kier alpha value is -1.75. The highest BCUT2D eigenvalue weighted by atomic mass is 19.4. The Kier molecular flexibility index (Phi) is 3.95. The van der Waals surface area contributed by atoms with Gasteiger partial charge < -0.3 is 10.3 Å². The first-order valence-electron chi connectivity index (χ1n) is 6.06. The molecular formula is C14H15F3N2. The zero-order valence-electron chi connectivity index (χ0n) is 10.3. The lowest BCUT2D eigenvalue weighted by molar-refractivity contribution is -0.137. The Morgan fingerprint density at radius 1 is 1.11 bits per heavy atom. The summed E-state index contributed by atoms with van der Waals surface area (Å²) in [5.74, 6) is 0. The molecule has 0 saturated heterocycles. The predicted molar refractivity (Wildman–Crippen MR) is 68.1 cm³/mol. The SMILES string of the molecule is NCCCc1cccn1-c1cccc(C(F)(F)F)c1. The standard InChI is InChI=1S/C14H15F3N2/c15-14(16,17)11-4-1-5-13(10-11)19-9-3-7-12(19)6-2-8-18/h1,3-5,7,9-10H,2,6,8,18H2. The molecule has 1 aromatic heterocycles. The van der Waals surface area contributed by atoms with E-state index in [0.29, 0.717) is 12.2 Å². The summed E-state index contributed by atoms with van der Waals surface area (Å²) in [5, 5.41) is 0. The monoisotopic (exact) mass is 268 g/mol. The smallest absolute Gasteiger partial charge is 0.330 e. The minimum absolute atomic E-state index is 0.520.